The molecule has 5 aromatic rings. The summed E-state index contributed by atoms with van der Waals surface area (Å²) in [6.45, 7) is 0.986. The molecule has 0 aliphatic carbocycles. The largest absolute Gasteiger partial charge is 0.419 e. The molecule has 0 bridgehead atoms. The molecule has 0 spiro atoms. The van der Waals surface area contributed by atoms with Crippen molar-refractivity contribution in [1.82, 2.24) is 20.4 Å². The Morgan fingerprint density at radius 2 is 1.69 bits per heavy atom. The van der Waals surface area contributed by atoms with Crippen LogP contribution in [0.15, 0.2) is 101 Å². The standard InChI is InChI=1S/C31H27F4N5O4S/c32-27-12-5-21(16-26(27)31(33,34)35)17-29-38-30(39-44-29)22-6-10-25(11-7-22)45(42,43)40-24-8-3-20(4-9-24)13-15-37-19-28(41)23-2-1-14-36-18-23/h1-12,14,16,18,28,37,40-41H,13,15,17,19H2. The number of nitrogens with one attached hydrogen (secondary N) is 2. The molecule has 2 heterocycles. The number of sulfonamides is 1. The number of aliphatic hydroxyl groups is 1. The highest BCUT2D eigenvalue weighted by Gasteiger charge is 2.34. The van der Waals surface area contributed by atoms with Crippen molar-refractivity contribution >= 4 is 15.7 Å². The van der Waals surface area contributed by atoms with E-state index in [1.54, 1.807) is 36.7 Å². The quantitative estimate of drug-likeness (QED) is 0.120. The Labute approximate surface area is 256 Å². The smallest absolute Gasteiger partial charge is 0.387 e. The zero-order valence-electron chi connectivity index (χ0n) is 23.5. The highest BCUT2D eigenvalue weighted by atomic mass is 32.2. The molecule has 1 atom stereocenters. The minimum atomic E-state index is -4.84. The van der Waals surface area contributed by atoms with Crippen LogP contribution in [0.25, 0.3) is 11.4 Å². The summed E-state index contributed by atoms with van der Waals surface area (Å²) >= 11 is 0. The van der Waals surface area contributed by atoms with Gasteiger partial charge in [-0.25, -0.2) is 12.8 Å². The first-order valence-electron chi connectivity index (χ1n) is 13.7. The third kappa shape index (κ3) is 8.29. The van der Waals surface area contributed by atoms with Crippen molar-refractivity contribution in [2.75, 3.05) is 17.8 Å². The van der Waals surface area contributed by atoms with Crippen LogP contribution in [-0.4, -0.2) is 41.7 Å². The second-order valence-electron chi connectivity index (χ2n) is 10.1. The second kappa shape index (κ2) is 13.5. The number of rotatable bonds is 12. The van der Waals surface area contributed by atoms with E-state index in [0.29, 0.717) is 36.8 Å². The van der Waals surface area contributed by atoms with E-state index in [1.165, 1.54) is 30.3 Å². The predicted octanol–water partition coefficient (Wildman–Crippen LogP) is 5.55. The lowest BCUT2D eigenvalue weighted by Crippen LogP contribution is -2.23. The van der Waals surface area contributed by atoms with Crippen LogP contribution in [0.3, 0.4) is 0 Å². The van der Waals surface area contributed by atoms with E-state index in [-0.39, 0.29) is 28.6 Å². The number of aromatic nitrogens is 3. The van der Waals surface area contributed by atoms with Crippen molar-refractivity contribution in [1.29, 1.82) is 0 Å². The van der Waals surface area contributed by atoms with Crippen LogP contribution >= 0.6 is 0 Å². The maximum atomic E-state index is 13.6. The molecule has 14 heteroatoms. The molecule has 0 saturated carbocycles. The Kier molecular flexibility index (Phi) is 9.56. The Morgan fingerprint density at radius 3 is 2.38 bits per heavy atom. The molecule has 5 rings (SSSR count). The van der Waals surface area contributed by atoms with Gasteiger partial charge in [-0.05, 0) is 78.7 Å². The van der Waals surface area contributed by atoms with Crippen molar-refractivity contribution in [3.8, 4) is 11.4 Å². The summed E-state index contributed by atoms with van der Waals surface area (Å²) in [5, 5.41) is 17.2. The fourth-order valence-corrected chi connectivity index (χ4v) is 5.48. The summed E-state index contributed by atoms with van der Waals surface area (Å²) in [4.78, 5) is 8.15. The average Bonchev–Trinajstić information content (AvgIpc) is 3.49. The third-order valence-electron chi connectivity index (χ3n) is 6.79. The lowest BCUT2D eigenvalue weighted by molar-refractivity contribution is -0.140. The molecular formula is C31H27F4N5O4S. The van der Waals surface area contributed by atoms with Gasteiger partial charge >= 0.3 is 6.18 Å². The summed E-state index contributed by atoms with van der Waals surface area (Å²) in [6.07, 6.45) is -1.73. The van der Waals surface area contributed by atoms with Gasteiger partial charge in [-0.1, -0.05) is 29.4 Å². The molecule has 0 fully saturated rings. The molecule has 3 aromatic carbocycles. The first-order valence-corrected chi connectivity index (χ1v) is 15.2. The molecule has 0 radical (unpaired) electrons. The number of anilines is 1. The van der Waals surface area contributed by atoms with Crippen LogP contribution in [-0.2, 0) is 29.0 Å². The van der Waals surface area contributed by atoms with Crippen LogP contribution < -0.4 is 10.0 Å². The Morgan fingerprint density at radius 1 is 0.956 bits per heavy atom. The molecule has 45 heavy (non-hydrogen) atoms. The normalized spacial score (nSPS) is 12.6. The molecule has 0 aliphatic heterocycles. The van der Waals surface area contributed by atoms with Crippen LogP contribution in [0.1, 0.15) is 34.2 Å². The van der Waals surface area contributed by atoms with E-state index in [2.05, 4.69) is 25.2 Å². The van der Waals surface area contributed by atoms with E-state index in [9.17, 15) is 31.1 Å². The molecule has 2 aromatic heterocycles. The van der Waals surface area contributed by atoms with Crippen molar-refractivity contribution in [3.05, 3.63) is 125 Å². The number of hydrogen-bond acceptors (Lipinski definition) is 8. The monoisotopic (exact) mass is 641 g/mol. The Bertz CT molecular complexity index is 1830. The van der Waals surface area contributed by atoms with Crippen LogP contribution in [0.2, 0.25) is 0 Å². The molecular weight excluding hydrogens is 614 g/mol. The van der Waals surface area contributed by atoms with Gasteiger partial charge in [-0.3, -0.25) is 9.71 Å². The summed E-state index contributed by atoms with van der Waals surface area (Å²) in [6, 6.07) is 18.8. The van der Waals surface area contributed by atoms with E-state index < -0.39 is 33.7 Å². The van der Waals surface area contributed by atoms with Crippen molar-refractivity contribution in [2.45, 2.75) is 30.0 Å². The first-order chi connectivity index (χ1) is 21.5. The Balaban J connectivity index is 1.14. The van der Waals surface area contributed by atoms with Crippen LogP contribution in [0.4, 0.5) is 23.2 Å². The summed E-state index contributed by atoms with van der Waals surface area (Å²) in [5.74, 6) is -1.26. The minimum Gasteiger partial charge on any atom is -0.387 e. The summed E-state index contributed by atoms with van der Waals surface area (Å²) in [5.41, 5.74) is 1.25. The molecule has 3 N–H and O–H groups in total. The van der Waals surface area contributed by atoms with Gasteiger partial charge in [0, 0.05) is 35.8 Å². The highest BCUT2D eigenvalue weighted by Crippen LogP contribution is 2.32. The fraction of sp³-hybridized carbons (Fsp3) is 0.194. The van der Waals surface area contributed by atoms with E-state index >= 15 is 0 Å². The van der Waals surface area contributed by atoms with E-state index in [4.69, 9.17) is 4.52 Å². The summed E-state index contributed by atoms with van der Waals surface area (Å²) in [7, 11) is -3.92. The van der Waals surface area contributed by atoms with Gasteiger partial charge in [0.05, 0.1) is 23.0 Å². The molecule has 9 nitrogen and oxygen atoms in total. The molecule has 234 valence electrons. The van der Waals surface area contributed by atoms with Crippen molar-refractivity contribution in [2.24, 2.45) is 0 Å². The van der Waals surface area contributed by atoms with Crippen molar-refractivity contribution in [3.63, 3.8) is 0 Å². The second-order valence-corrected chi connectivity index (χ2v) is 11.8. The van der Waals surface area contributed by atoms with Gasteiger partial charge in [0.2, 0.25) is 11.7 Å². The number of aliphatic hydroxyl groups excluding tert-OH is 1. The van der Waals surface area contributed by atoms with Crippen molar-refractivity contribution < 1.29 is 35.6 Å². The maximum absolute atomic E-state index is 13.6. The van der Waals surface area contributed by atoms with Gasteiger partial charge in [0.15, 0.2) is 0 Å². The predicted molar refractivity (Wildman–Crippen MR) is 157 cm³/mol. The fourth-order valence-electron chi connectivity index (χ4n) is 4.42. The lowest BCUT2D eigenvalue weighted by Gasteiger charge is -2.12. The minimum absolute atomic E-state index is 0.00431. The highest BCUT2D eigenvalue weighted by molar-refractivity contribution is 7.92. The number of halogens is 4. The topological polar surface area (TPSA) is 130 Å². The number of hydrogen-bond donors (Lipinski definition) is 3. The van der Waals surface area contributed by atoms with Crippen LogP contribution in [0, 0.1) is 5.82 Å². The average molecular weight is 642 g/mol. The number of alkyl halides is 3. The zero-order valence-corrected chi connectivity index (χ0v) is 24.3. The number of pyridine rings is 1. The number of benzene rings is 3. The van der Waals surface area contributed by atoms with E-state index in [1.807, 2.05) is 12.1 Å². The van der Waals surface area contributed by atoms with Gasteiger partial charge in [-0.15, -0.1) is 0 Å². The third-order valence-corrected chi connectivity index (χ3v) is 8.18. The van der Waals surface area contributed by atoms with Gasteiger partial charge in [0.1, 0.15) is 5.82 Å². The van der Waals surface area contributed by atoms with E-state index in [0.717, 1.165) is 17.2 Å². The van der Waals surface area contributed by atoms with Gasteiger partial charge < -0.3 is 14.9 Å². The molecule has 0 amide bonds. The SMILES string of the molecule is O=S(=O)(Nc1ccc(CCNCC(O)c2cccnc2)cc1)c1ccc(-c2noc(Cc3ccc(F)c(C(F)(F)F)c3)n2)cc1. The summed E-state index contributed by atoms with van der Waals surface area (Å²) < 4.78 is 86.2. The molecule has 1 unspecified atom stereocenters. The number of nitrogens with zero attached hydrogens (tertiary/aromatic N) is 3. The molecule has 0 aliphatic rings. The lowest BCUT2D eigenvalue weighted by atomic mass is 10.1. The van der Waals surface area contributed by atoms with Crippen LogP contribution in [0.5, 0.6) is 0 Å². The van der Waals surface area contributed by atoms with Gasteiger partial charge in [-0.2, -0.15) is 18.2 Å². The zero-order chi connectivity index (χ0) is 32.0. The van der Waals surface area contributed by atoms with Gasteiger partial charge in [0.25, 0.3) is 10.0 Å². The Hall–Kier alpha value is -4.66. The maximum Gasteiger partial charge on any atom is 0.419 e. The molecule has 0 saturated heterocycles. The first kappa shape index (κ1) is 31.8.